The molecule has 0 amide bonds. The zero-order valence-corrected chi connectivity index (χ0v) is 15.3. The number of rotatable bonds is 1. The van der Waals surface area contributed by atoms with Crippen LogP contribution in [0, 0.1) is 5.41 Å². The van der Waals surface area contributed by atoms with Gasteiger partial charge in [-0.15, -0.1) is 0 Å². The van der Waals surface area contributed by atoms with Crippen LogP contribution < -0.4 is 0 Å². The van der Waals surface area contributed by atoms with Gasteiger partial charge in [-0.1, -0.05) is 0 Å². The van der Waals surface area contributed by atoms with Crippen molar-refractivity contribution in [2.24, 2.45) is 5.41 Å². The molecule has 0 aliphatic heterocycles. The Kier molecular flexibility index (Phi) is 3.17. The second-order valence-electron chi connectivity index (χ2n) is 6.96. The predicted octanol–water partition coefficient (Wildman–Crippen LogP) is 4.43. The number of aryl methyl sites for hydroxylation is 1. The summed E-state index contributed by atoms with van der Waals surface area (Å²) in [4.78, 5) is 0. The van der Waals surface area contributed by atoms with Crippen LogP contribution in [0.3, 0.4) is 0 Å². The summed E-state index contributed by atoms with van der Waals surface area (Å²) in [7, 11) is 0. The zero-order valence-electron chi connectivity index (χ0n) is 11.7. The Hall–Kier alpha value is -0.170. The van der Waals surface area contributed by atoms with Gasteiger partial charge in [0, 0.05) is 0 Å². The minimum atomic E-state index is 0.411. The third-order valence-corrected chi connectivity index (χ3v) is 5.83. The molecule has 0 unspecified atom stereocenters. The Labute approximate surface area is 125 Å². The number of hydrogen-bond acceptors (Lipinski definition) is 0. The first-order chi connectivity index (χ1) is 8.46. The molecule has 0 spiro atoms. The van der Waals surface area contributed by atoms with Crippen molar-refractivity contribution >= 4 is 5.57 Å². The van der Waals surface area contributed by atoms with Gasteiger partial charge in [-0.25, -0.2) is 0 Å². The van der Waals surface area contributed by atoms with Crippen molar-refractivity contribution in [2.45, 2.75) is 52.9 Å². The number of allylic oxidation sites excluding steroid dienone is 2. The summed E-state index contributed by atoms with van der Waals surface area (Å²) in [6, 6.07) is 4.81. The van der Waals surface area contributed by atoms with Crippen LogP contribution in [-0.2, 0) is 43.6 Å². The summed E-state index contributed by atoms with van der Waals surface area (Å²) in [5.74, 6) is 0. The van der Waals surface area contributed by atoms with Crippen molar-refractivity contribution in [3.63, 3.8) is 0 Å². The zero-order chi connectivity index (χ0) is 12.9. The van der Waals surface area contributed by atoms with E-state index in [4.69, 9.17) is 0 Å². The van der Waals surface area contributed by atoms with E-state index in [9.17, 15) is 0 Å². The van der Waals surface area contributed by atoms with E-state index in [2.05, 4.69) is 32.9 Å². The molecule has 0 saturated carbocycles. The van der Waals surface area contributed by atoms with Crippen molar-refractivity contribution in [3.8, 4) is 0 Å². The second-order valence-corrected chi connectivity index (χ2v) is 9.13. The van der Waals surface area contributed by atoms with Crippen LogP contribution in [0.4, 0.5) is 0 Å². The van der Waals surface area contributed by atoms with Crippen LogP contribution in [-0.4, -0.2) is 0 Å². The first kappa shape index (κ1) is 12.8. The average molecular weight is 404 g/mol. The molecule has 0 saturated heterocycles. The summed E-state index contributed by atoms with van der Waals surface area (Å²) < 4.78 is 1.75. The Morgan fingerprint density at radius 3 is 2.56 bits per heavy atom. The summed E-state index contributed by atoms with van der Waals surface area (Å²) in [5, 5.41) is 0. The maximum atomic E-state index is 2.41. The van der Waals surface area contributed by atoms with Crippen LogP contribution in [0.5, 0.6) is 0 Å². The van der Waals surface area contributed by atoms with E-state index in [1.807, 2.05) is 0 Å². The van der Waals surface area contributed by atoms with Crippen molar-refractivity contribution in [1.29, 1.82) is 0 Å². The van der Waals surface area contributed by atoms with Gasteiger partial charge >= 0.3 is 126 Å². The van der Waals surface area contributed by atoms with Gasteiger partial charge in [-0.3, -0.25) is 0 Å². The normalized spacial score (nSPS) is 18.1. The SMILES string of the molecule is CC(C)(C)CC1=[C]([Hf])Cc2ccc3c(c21)CCC3. The fourth-order valence-electron chi connectivity index (χ4n) is 3.41. The molecular weight excluding hydrogens is 383 g/mol. The molecule has 2 aliphatic rings. The molecule has 1 heteroatoms. The van der Waals surface area contributed by atoms with Crippen molar-refractivity contribution < 1.29 is 24.4 Å². The van der Waals surface area contributed by atoms with Gasteiger partial charge in [0.15, 0.2) is 0 Å². The molecule has 0 N–H and O–H groups in total. The minimum absolute atomic E-state index is 0.411. The molecule has 0 bridgehead atoms. The van der Waals surface area contributed by atoms with E-state index >= 15 is 0 Å². The monoisotopic (exact) mass is 405 g/mol. The van der Waals surface area contributed by atoms with Gasteiger partial charge in [0.25, 0.3) is 0 Å². The fraction of sp³-hybridized carbons (Fsp3) is 0.529. The Morgan fingerprint density at radius 1 is 1.11 bits per heavy atom. The van der Waals surface area contributed by atoms with E-state index in [1.54, 1.807) is 31.2 Å². The topological polar surface area (TPSA) is 0 Å². The van der Waals surface area contributed by atoms with Crippen LogP contribution in [0.1, 0.15) is 55.9 Å². The summed E-state index contributed by atoms with van der Waals surface area (Å²) in [6.45, 7) is 7.11. The Balaban J connectivity index is 2.09. The standard InChI is InChI=1S/C17H21.Hf/c1-17(2,3)11-14-10-9-13-8-7-12-5-4-6-15(12)16(13)14;/h7-8H,4-6,9,11H2,1-3H3;. The van der Waals surface area contributed by atoms with Gasteiger partial charge in [0.2, 0.25) is 0 Å². The van der Waals surface area contributed by atoms with Gasteiger partial charge in [-0.05, 0) is 0 Å². The molecule has 93 valence electrons. The van der Waals surface area contributed by atoms with E-state index in [0.29, 0.717) is 5.41 Å². The van der Waals surface area contributed by atoms with E-state index in [1.165, 1.54) is 56.5 Å². The maximum absolute atomic E-state index is 2.41. The van der Waals surface area contributed by atoms with Crippen molar-refractivity contribution in [3.05, 3.63) is 37.7 Å². The number of hydrogen-bond donors (Lipinski definition) is 0. The van der Waals surface area contributed by atoms with E-state index in [-0.39, 0.29) is 0 Å². The van der Waals surface area contributed by atoms with Gasteiger partial charge in [0.1, 0.15) is 0 Å². The second kappa shape index (κ2) is 4.44. The van der Waals surface area contributed by atoms with Gasteiger partial charge < -0.3 is 0 Å². The molecule has 1 aromatic carbocycles. The van der Waals surface area contributed by atoms with Crippen LogP contribution in [0.15, 0.2) is 15.5 Å². The van der Waals surface area contributed by atoms with Crippen molar-refractivity contribution in [1.82, 2.24) is 0 Å². The van der Waals surface area contributed by atoms with E-state index < -0.39 is 0 Å². The van der Waals surface area contributed by atoms with Crippen molar-refractivity contribution in [2.75, 3.05) is 0 Å². The number of benzene rings is 1. The summed E-state index contributed by atoms with van der Waals surface area (Å²) >= 11 is 1.23. The molecule has 0 fully saturated rings. The van der Waals surface area contributed by atoms with E-state index in [0.717, 1.165) is 0 Å². The van der Waals surface area contributed by atoms with Crippen LogP contribution in [0.2, 0.25) is 0 Å². The Morgan fingerprint density at radius 2 is 1.83 bits per heavy atom. The summed E-state index contributed by atoms with van der Waals surface area (Å²) in [5.41, 5.74) is 8.79. The third kappa shape index (κ3) is 2.19. The predicted molar refractivity (Wildman–Crippen MR) is 73.2 cm³/mol. The van der Waals surface area contributed by atoms with Crippen LogP contribution in [0.25, 0.3) is 5.57 Å². The molecule has 0 radical (unpaired) electrons. The summed E-state index contributed by atoms with van der Waals surface area (Å²) in [6.07, 6.45) is 6.50. The molecule has 0 atom stereocenters. The molecule has 0 heterocycles. The first-order valence-electron chi connectivity index (χ1n) is 7.03. The molecular formula is C17H21Hf. The molecule has 0 nitrogen and oxygen atoms in total. The quantitative estimate of drug-likeness (QED) is 0.609. The molecule has 18 heavy (non-hydrogen) atoms. The molecule has 1 aromatic rings. The Bertz CT molecular complexity index is 529. The fourth-order valence-corrected chi connectivity index (χ4v) is 4.86. The molecule has 3 rings (SSSR count). The van der Waals surface area contributed by atoms with Gasteiger partial charge in [0.05, 0.1) is 0 Å². The molecule has 0 aromatic heterocycles. The first-order valence-corrected chi connectivity index (χ1v) is 8.83. The third-order valence-electron chi connectivity index (χ3n) is 4.11. The average Bonchev–Trinajstić information content (AvgIpc) is 2.81. The van der Waals surface area contributed by atoms with Crippen LogP contribution >= 0.6 is 0 Å². The van der Waals surface area contributed by atoms with Gasteiger partial charge in [-0.2, -0.15) is 0 Å². The molecule has 2 aliphatic carbocycles. The number of fused-ring (bicyclic) bond motifs is 3.